The minimum absolute atomic E-state index is 0.0304. The predicted octanol–water partition coefficient (Wildman–Crippen LogP) is 2.60. The third kappa shape index (κ3) is 4.79. The molecule has 2 heterocycles. The third-order valence-electron chi connectivity index (χ3n) is 5.55. The van der Waals surface area contributed by atoms with Crippen molar-refractivity contribution in [3.05, 3.63) is 46.5 Å². The van der Waals surface area contributed by atoms with Crippen LogP contribution >= 0.6 is 11.6 Å². The fourth-order valence-corrected chi connectivity index (χ4v) is 4.52. The van der Waals surface area contributed by atoms with Crippen LogP contribution in [0.25, 0.3) is 0 Å². The standard InChI is InChI=1S/C20H25ClFN7O2S/c1-20(4-5-20)18-27-16(12-9-11(22)10-14(15(12)21)29-32(2,30)31)17(28-18)13-3-7-24-19(26-13)25-8-6-23/h3,7,9-10,16-17,29H,4-6,8,23H2,1-2H3,(H,27,28)(H,24,25,26). The van der Waals surface area contributed by atoms with Crippen LogP contribution in [-0.4, -0.2) is 43.6 Å². The Labute approximate surface area is 191 Å². The van der Waals surface area contributed by atoms with Gasteiger partial charge in [0.05, 0.1) is 28.7 Å². The number of amidine groups is 1. The summed E-state index contributed by atoms with van der Waals surface area (Å²) in [5.74, 6) is 0.605. The number of hydrogen-bond acceptors (Lipinski definition) is 8. The summed E-state index contributed by atoms with van der Waals surface area (Å²) in [4.78, 5) is 13.6. The smallest absolute Gasteiger partial charge is 0.229 e. The Morgan fingerprint density at radius 1 is 1.38 bits per heavy atom. The maximum absolute atomic E-state index is 14.5. The summed E-state index contributed by atoms with van der Waals surface area (Å²) in [6.45, 7) is 3.05. The molecule has 9 nitrogen and oxygen atoms in total. The van der Waals surface area contributed by atoms with Crippen LogP contribution in [0.4, 0.5) is 16.0 Å². The molecule has 1 fully saturated rings. The summed E-state index contributed by atoms with van der Waals surface area (Å²) in [5, 5.41) is 6.58. The van der Waals surface area contributed by atoms with Crippen molar-refractivity contribution in [2.24, 2.45) is 16.1 Å². The highest BCUT2D eigenvalue weighted by atomic mass is 35.5. The minimum Gasteiger partial charge on any atom is -0.362 e. The summed E-state index contributed by atoms with van der Waals surface area (Å²) in [6.07, 6.45) is 4.58. The molecule has 0 saturated heterocycles. The highest BCUT2D eigenvalue weighted by Gasteiger charge is 2.48. The number of anilines is 2. The third-order valence-corrected chi connectivity index (χ3v) is 6.56. The fourth-order valence-electron chi connectivity index (χ4n) is 3.63. The van der Waals surface area contributed by atoms with Crippen molar-refractivity contribution < 1.29 is 12.8 Å². The molecule has 0 amide bonds. The van der Waals surface area contributed by atoms with Gasteiger partial charge in [0.1, 0.15) is 17.7 Å². The highest BCUT2D eigenvalue weighted by molar-refractivity contribution is 7.92. The number of benzene rings is 1. The first kappa shape index (κ1) is 22.7. The van der Waals surface area contributed by atoms with Crippen LogP contribution in [0.1, 0.15) is 43.1 Å². The number of nitrogens with one attached hydrogen (secondary N) is 3. The molecule has 1 aromatic carbocycles. The van der Waals surface area contributed by atoms with Gasteiger partial charge >= 0.3 is 0 Å². The minimum atomic E-state index is -3.65. The average Bonchev–Trinajstić information content (AvgIpc) is 3.31. The van der Waals surface area contributed by atoms with E-state index in [4.69, 9.17) is 22.3 Å². The highest BCUT2D eigenvalue weighted by Crippen LogP contribution is 2.51. The molecule has 32 heavy (non-hydrogen) atoms. The van der Waals surface area contributed by atoms with E-state index in [0.29, 0.717) is 30.3 Å². The van der Waals surface area contributed by atoms with Crippen LogP contribution in [0, 0.1) is 11.2 Å². The van der Waals surface area contributed by atoms with E-state index >= 15 is 0 Å². The molecule has 1 saturated carbocycles. The van der Waals surface area contributed by atoms with Gasteiger partial charge in [0.2, 0.25) is 16.0 Å². The van der Waals surface area contributed by atoms with Gasteiger partial charge < -0.3 is 16.4 Å². The summed E-state index contributed by atoms with van der Waals surface area (Å²) in [6, 6.07) is 3.05. The molecular formula is C20H25ClFN7O2S. The van der Waals surface area contributed by atoms with E-state index in [0.717, 1.165) is 31.0 Å². The van der Waals surface area contributed by atoms with Crippen molar-refractivity contribution in [1.29, 1.82) is 0 Å². The molecule has 172 valence electrons. The molecule has 2 aliphatic rings. The average molecular weight is 482 g/mol. The Balaban J connectivity index is 1.77. The second-order valence-corrected chi connectivity index (χ2v) is 10.5. The van der Waals surface area contributed by atoms with E-state index in [1.807, 2.05) is 0 Å². The summed E-state index contributed by atoms with van der Waals surface area (Å²) in [5.41, 5.74) is 6.45. The number of aromatic nitrogens is 2. The number of aliphatic imine (C=N–C) groups is 1. The Hall–Kier alpha value is -2.50. The van der Waals surface area contributed by atoms with Crippen LogP contribution in [0.2, 0.25) is 5.02 Å². The molecule has 0 spiro atoms. The number of halogens is 2. The van der Waals surface area contributed by atoms with E-state index in [9.17, 15) is 12.8 Å². The van der Waals surface area contributed by atoms with Crippen molar-refractivity contribution in [2.75, 3.05) is 29.4 Å². The molecule has 1 aliphatic heterocycles. The second kappa shape index (κ2) is 8.45. The number of nitrogens with two attached hydrogens (primary N) is 1. The van der Waals surface area contributed by atoms with Gasteiger partial charge in [-0.15, -0.1) is 0 Å². The van der Waals surface area contributed by atoms with Crippen LogP contribution in [0.3, 0.4) is 0 Å². The number of nitrogens with zero attached hydrogens (tertiary/aromatic N) is 3. The van der Waals surface area contributed by atoms with Gasteiger partial charge in [-0.05, 0) is 31.0 Å². The van der Waals surface area contributed by atoms with Gasteiger partial charge in [0, 0.05) is 30.3 Å². The first-order valence-corrected chi connectivity index (χ1v) is 12.4. The molecule has 5 N–H and O–H groups in total. The molecule has 1 aromatic heterocycles. The van der Waals surface area contributed by atoms with Crippen molar-refractivity contribution in [3.8, 4) is 0 Å². The van der Waals surface area contributed by atoms with Gasteiger partial charge in [-0.1, -0.05) is 18.5 Å². The molecule has 0 radical (unpaired) electrons. The van der Waals surface area contributed by atoms with E-state index in [1.165, 1.54) is 6.07 Å². The molecule has 0 bridgehead atoms. The van der Waals surface area contributed by atoms with Crippen LogP contribution in [-0.2, 0) is 10.0 Å². The monoisotopic (exact) mass is 481 g/mol. The second-order valence-electron chi connectivity index (χ2n) is 8.36. The Morgan fingerprint density at radius 2 is 2.12 bits per heavy atom. The first-order chi connectivity index (χ1) is 15.1. The fraction of sp³-hybridized carbons (Fsp3) is 0.450. The Bertz CT molecular complexity index is 1170. The van der Waals surface area contributed by atoms with Crippen molar-refractivity contribution >= 4 is 39.1 Å². The molecule has 4 rings (SSSR count). The maximum Gasteiger partial charge on any atom is 0.229 e. The van der Waals surface area contributed by atoms with Crippen molar-refractivity contribution in [3.63, 3.8) is 0 Å². The zero-order valence-corrected chi connectivity index (χ0v) is 19.3. The summed E-state index contributed by atoms with van der Waals surface area (Å²) >= 11 is 6.55. The molecule has 12 heteroatoms. The Morgan fingerprint density at radius 3 is 2.78 bits per heavy atom. The van der Waals surface area contributed by atoms with Crippen LogP contribution in [0.15, 0.2) is 29.4 Å². The topological polar surface area (TPSA) is 134 Å². The van der Waals surface area contributed by atoms with E-state index in [1.54, 1.807) is 12.3 Å². The largest absolute Gasteiger partial charge is 0.362 e. The van der Waals surface area contributed by atoms with Crippen LogP contribution in [0.5, 0.6) is 0 Å². The molecule has 2 atom stereocenters. The summed E-state index contributed by atoms with van der Waals surface area (Å²) < 4.78 is 40.2. The molecule has 2 aromatic rings. The maximum atomic E-state index is 14.5. The van der Waals surface area contributed by atoms with Gasteiger partial charge in [-0.25, -0.2) is 22.8 Å². The van der Waals surface area contributed by atoms with Gasteiger partial charge in [-0.3, -0.25) is 9.71 Å². The zero-order valence-electron chi connectivity index (χ0n) is 17.7. The number of sulfonamides is 1. The number of hydrogen-bond donors (Lipinski definition) is 4. The normalized spacial score (nSPS) is 21.6. The van der Waals surface area contributed by atoms with Gasteiger partial charge in [-0.2, -0.15) is 0 Å². The van der Waals surface area contributed by atoms with Gasteiger partial charge in [0.25, 0.3) is 0 Å². The van der Waals surface area contributed by atoms with Crippen molar-refractivity contribution in [1.82, 2.24) is 15.3 Å². The molecule has 2 unspecified atom stereocenters. The van der Waals surface area contributed by atoms with E-state index < -0.39 is 27.9 Å². The lowest BCUT2D eigenvalue weighted by Crippen LogP contribution is -2.30. The Kier molecular flexibility index (Phi) is 5.99. The zero-order chi connectivity index (χ0) is 23.1. The number of rotatable bonds is 8. The summed E-state index contributed by atoms with van der Waals surface area (Å²) in [7, 11) is -3.65. The SMILES string of the molecule is CC1(C2=NC(c3cc(F)cc(NS(C)(=O)=O)c3Cl)C(c3ccnc(NCCN)n3)N2)CC1. The first-order valence-electron chi connectivity index (χ1n) is 10.2. The lowest BCUT2D eigenvalue weighted by atomic mass is 9.97. The van der Waals surface area contributed by atoms with E-state index in [2.05, 4.69) is 32.2 Å². The van der Waals surface area contributed by atoms with Crippen molar-refractivity contribution in [2.45, 2.75) is 31.8 Å². The predicted molar refractivity (Wildman–Crippen MR) is 123 cm³/mol. The lowest BCUT2D eigenvalue weighted by molar-refractivity contribution is 0.547. The lowest BCUT2D eigenvalue weighted by Gasteiger charge is -2.21. The van der Waals surface area contributed by atoms with E-state index in [-0.39, 0.29) is 16.1 Å². The molecule has 1 aliphatic carbocycles. The van der Waals surface area contributed by atoms with Gasteiger partial charge in [0.15, 0.2) is 0 Å². The quantitative estimate of drug-likeness (QED) is 0.455. The van der Waals surface area contributed by atoms with Crippen LogP contribution < -0.4 is 21.1 Å². The molecular weight excluding hydrogens is 457 g/mol.